The van der Waals surface area contributed by atoms with Crippen molar-refractivity contribution < 1.29 is 13.9 Å². The Morgan fingerprint density at radius 2 is 1.81 bits per heavy atom. The van der Waals surface area contributed by atoms with Crippen molar-refractivity contribution >= 4 is 5.91 Å². The zero-order chi connectivity index (χ0) is 21.6. The standard InChI is InChI=1S/C25H20FN3O2/c1-17-4-2-5-18(14-17)16-28-25(30)19-8-10-22(11-9-19)31-23-12-13-27-24(29-23)20-6-3-7-21(26)15-20/h2-15H,16H2,1H3,(H,28,30). The molecule has 0 radical (unpaired) electrons. The van der Waals surface area contributed by atoms with Crippen molar-refractivity contribution in [3.63, 3.8) is 0 Å². The minimum Gasteiger partial charge on any atom is -0.439 e. The van der Waals surface area contributed by atoms with E-state index in [2.05, 4.69) is 15.3 Å². The minimum absolute atomic E-state index is 0.163. The van der Waals surface area contributed by atoms with E-state index in [1.165, 1.54) is 12.1 Å². The molecule has 0 atom stereocenters. The Hall–Kier alpha value is -4.06. The van der Waals surface area contributed by atoms with Crippen LogP contribution in [0, 0.1) is 12.7 Å². The molecule has 0 spiro atoms. The first-order valence-corrected chi connectivity index (χ1v) is 9.77. The summed E-state index contributed by atoms with van der Waals surface area (Å²) in [6, 6.07) is 22.5. The van der Waals surface area contributed by atoms with Gasteiger partial charge in [0, 0.05) is 29.9 Å². The molecule has 3 aromatic carbocycles. The number of aromatic nitrogens is 2. The Labute approximate surface area is 179 Å². The fourth-order valence-corrected chi connectivity index (χ4v) is 3.07. The molecule has 5 nitrogen and oxygen atoms in total. The molecule has 0 saturated heterocycles. The van der Waals surface area contributed by atoms with Gasteiger partial charge in [-0.1, -0.05) is 42.0 Å². The van der Waals surface area contributed by atoms with Crippen LogP contribution in [0.3, 0.4) is 0 Å². The molecule has 1 heterocycles. The molecule has 0 fully saturated rings. The highest BCUT2D eigenvalue weighted by molar-refractivity contribution is 5.94. The van der Waals surface area contributed by atoms with Crippen molar-refractivity contribution in [2.75, 3.05) is 0 Å². The molecule has 0 aliphatic rings. The van der Waals surface area contributed by atoms with Crippen molar-refractivity contribution in [2.45, 2.75) is 13.5 Å². The van der Waals surface area contributed by atoms with Gasteiger partial charge in [0.2, 0.25) is 5.88 Å². The van der Waals surface area contributed by atoms with Crippen LogP contribution in [-0.4, -0.2) is 15.9 Å². The van der Waals surface area contributed by atoms with E-state index in [0.29, 0.717) is 35.1 Å². The van der Waals surface area contributed by atoms with Gasteiger partial charge in [-0.15, -0.1) is 0 Å². The number of nitrogens with one attached hydrogen (secondary N) is 1. The van der Waals surface area contributed by atoms with Gasteiger partial charge in [0.1, 0.15) is 11.6 Å². The van der Waals surface area contributed by atoms with E-state index in [0.717, 1.165) is 11.1 Å². The van der Waals surface area contributed by atoms with Crippen LogP contribution in [0.5, 0.6) is 11.6 Å². The van der Waals surface area contributed by atoms with Crippen molar-refractivity contribution in [3.8, 4) is 23.0 Å². The van der Waals surface area contributed by atoms with Gasteiger partial charge in [-0.05, 0) is 48.9 Å². The van der Waals surface area contributed by atoms with E-state index in [4.69, 9.17) is 4.74 Å². The van der Waals surface area contributed by atoms with Crippen LogP contribution in [0.2, 0.25) is 0 Å². The van der Waals surface area contributed by atoms with Crippen molar-refractivity contribution in [1.29, 1.82) is 0 Å². The number of carbonyl (C=O) groups is 1. The van der Waals surface area contributed by atoms with Crippen LogP contribution in [0.4, 0.5) is 4.39 Å². The zero-order valence-corrected chi connectivity index (χ0v) is 16.9. The molecule has 0 unspecified atom stereocenters. The molecule has 1 amide bonds. The predicted octanol–water partition coefficient (Wildman–Crippen LogP) is 5.31. The Bertz CT molecular complexity index is 1210. The summed E-state index contributed by atoms with van der Waals surface area (Å²) in [4.78, 5) is 20.9. The lowest BCUT2D eigenvalue weighted by Crippen LogP contribution is -2.22. The third-order valence-corrected chi connectivity index (χ3v) is 4.59. The van der Waals surface area contributed by atoms with E-state index >= 15 is 0 Å². The highest BCUT2D eigenvalue weighted by Crippen LogP contribution is 2.23. The van der Waals surface area contributed by atoms with Crippen molar-refractivity contribution in [3.05, 3.63) is 108 Å². The second-order valence-electron chi connectivity index (χ2n) is 7.03. The van der Waals surface area contributed by atoms with Crippen LogP contribution in [-0.2, 0) is 6.54 Å². The largest absolute Gasteiger partial charge is 0.439 e. The molecule has 4 aromatic rings. The molecule has 6 heteroatoms. The molecule has 154 valence electrons. The summed E-state index contributed by atoms with van der Waals surface area (Å²) in [5, 5.41) is 2.91. The number of hydrogen-bond donors (Lipinski definition) is 1. The quantitative estimate of drug-likeness (QED) is 0.465. The molecule has 0 bridgehead atoms. The third kappa shape index (κ3) is 5.30. The predicted molar refractivity (Wildman–Crippen MR) is 116 cm³/mol. The van der Waals surface area contributed by atoms with Crippen LogP contribution in [0.25, 0.3) is 11.4 Å². The molecule has 4 rings (SSSR count). The summed E-state index contributed by atoms with van der Waals surface area (Å²) in [5.74, 6) is 0.696. The summed E-state index contributed by atoms with van der Waals surface area (Å²) in [7, 11) is 0. The van der Waals surface area contributed by atoms with E-state index in [1.807, 2.05) is 31.2 Å². The molecular weight excluding hydrogens is 393 g/mol. The first kappa shape index (κ1) is 20.2. The highest BCUT2D eigenvalue weighted by atomic mass is 19.1. The lowest BCUT2D eigenvalue weighted by atomic mass is 10.1. The van der Waals surface area contributed by atoms with Gasteiger partial charge in [-0.3, -0.25) is 4.79 Å². The summed E-state index contributed by atoms with van der Waals surface area (Å²) >= 11 is 0. The summed E-state index contributed by atoms with van der Waals surface area (Å²) in [6.45, 7) is 2.48. The molecule has 1 N–H and O–H groups in total. The average Bonchev–Trinajstić information content (AvgIpc) is 2.78. The van der Waals surface area contributed by atoms with E-state index < -0.39 is 0 Å². The smallest absolute Gasteiger partial charge is 0.251 e. The Morgan fingerprint density at radius 3 is 2.58 bits per heavy atom. The fraction of sp³-hybridized carbons (Fsp3) is 0.0800. The number of hydrogen-bond acceptors (Lipinski definition) is 4. The van der Waals surface area contributed by atoms with Crippen molar-refractivity contribution in [1.82, 2.24) is 15.3 Å². The maximum absolute atomic E-state index is 13.5. The highest BCUT2D eigenvalue weighted by Gasteiger charge is 2.08. The summed E-state index contributed by atoms with van der Waals surface area (Å²) < 4.78 is 19.2. The lowest BCUT2D eigenvalue weighted by Gasteiger charge is -2.08. The van der Waals surface area contributed by atoms with E-state index in [9.17, 15) is 9.18 Å². The van der Waals surface area contributed by atoms with Gasteiger partial charge >= 0.3 is 0 Å². The SMILES string of the molecule is Cc1cccc(CNC(=O)c2ccc(Oc3ccnc(-c4cccc(F)c4)n3)cc2)c1. The van der Waals surface area contributed by atoms with E-state index in [-0.39, 0.29) is 11.7 Å². The first-order chi connectivity index (χ1) is 15.1. The van der Waals surface area contributed by atoms with E-state index in [1.54, 1.807) is 48.7 Å². The number of benzene rings is 3. The van der Waals surface area contributed by atoms with Crippen LogP contribution in [0.15, 0.2) is 85.1 Å². The molecule has 0 aliphatic carbocycles. The van der Waals surface area contributed by atoms with Gasteiger partial charge in [-0.25, -0.2) is 9.37 Å². The van der Waals surface area contributed by atoms with Crippen LogP contribution < -0.4 is 10.1 Å². The maximum atomic E-state index is 13.5. The summed E-state index contributed by atoms with van der Waals surface area (Å²) in [5.41, 5.74) is 3.29. The van der Waals surface area contributed by atoms with Gasteiger partial charge in [0.05, 0.1) is 0 Å². The van der Waals surface area contributed by atoms with Crippen LogP contribution >= 0.6 is 0 Å². The Balaban J connectivity index is 1.40. The number of halogens is 1. The number of ether oxygens (including phenoxy) is 1. The zero-order valence-electron chi connectivity index (χ0n) is 16.9. The fourth-order valence-electron chi connectivity index (χ4n) is 3.07. The lowest BCUT2D eigenvalue weighted by molar-refractivity contribution is 0.0951. The minimum atomic E-state index is -0.358. The third-order valence-electron chi connectivity index (χ3n) is 4.59. The molecule has 0 aliphatic heterocycles. The number of carbonyl (C=O) groups excluding carboxylic acids is 1. The topological polar surface area (TPSA) is 64.1 Å². The second-order valence-corrected chi connectivity index (χ2v) is 7.03. The van der Waals surface area contributed by atoms with Crippen molar-refractivity contribution in [2.24, 2.45) is 0 Å². The molecule has 31 heavy (non-hydrogen) atoms. The number of amides is 1. The normalized spacial score (nSPS) is 10.5. The summed E-state index contributed by atoms with van der Waals surface area (Å²) in [6.07, 6.45) is 1.55. The van der Waals surface area contributed by atoms with Gasteiger partial charge < -0.3 is 10.1 Å². The van der Waals surface area contributed by atoms with Crippen LogP contribution in [0.1, 0.15) is 21.5 Å². The first-order valence-electron chi connectivity index (χ1n) is 9.77. The molecule has 1 aromatic heterocycles. The second kappa shape index (κ2) is 9.17. The number of aryl methyl sites for hydroxylation is 1. The average molecular weight is 413 g/mol. The van der Waals surface area contributed by atoms with Gasteiger partial charge in [-0.2, -0.15) is 4.98 Å². The monoisotopic (exact) mass is 413 g/mol. The van der Waals surface area contributed by atoms with Gasteiger partial charge in [0.25, 0.3) is 5.91 Å². The van der Waals surface area contributed by atoms with Gasteiger partial charge in [0.15, 0.2) is 5.82 Å². The Kier molecular flexibility index (Phi) is 5.98. The molecule has 0 saturated carbocycles. The Morgan fingerprint density at radius 1 is 1.00 bits per heavy atom. The molecular formula is C25H20FN3O2. The number of rotatable bonds is 6. The maximum Gasteiger partial charge on any atom is 0.251 e. The number of nitrogens with zero attached hydrogens (tertiary/aromatic N) is 2.